The zero-order chi connectivity index (χ0) is 14.5. The minimum Gasteiger partial charge on any atom is -0.490 e. The molecule has 3 rings (SSSR count). The number of benzene rings is 2. The Morgan fingerprint density at radius 1 is 1.10 bits per heavy atom. The largest absolute Gasteiger partial charge is 0.490 e. The summed E-state index contributed by atoms with van der Waals surface area (Å²) in [4.78, 5) is 12.4. The molecule has 0 bridgehead atoms. The molecule has 1 heterocycles. The van der Waals surface area contributed by atoms with Crippen molar-refractivity contribution in [2.24, 2.45) is 0 Å². The van der Waals surface area contributed by atoms with Gasteiger partial charge < -0.3 is 9.47 Å². The van der Waals surface area contributed by atoms with Crippen molar-refractivity contribution in [1.82, 2.24) is 0 Å². The van der Waals surface area contributed by atoms with E-state index in [4.69, 9.17) is 9.47 Å². The van der Waals surface area contributed by atoms with Crippen molar-refractivity contribution >= 4 is 5.78 Å². The van der Waals surface area contributed by atoms with E-state index in [-0.39, 0.29) is 11.9 Å². The van der Waals surface area contributed by atoms with E-state index in [1.165, 1.54) is 5.56 Å². The summed E-state index contributed by atoms with van der Waals surface area (Å²) in [6.07, 6.45) is 1.43. The van der Waals surface area contributed by atoms with E-state index in [0.29, 0.717) is 24.3 Å². The third kappa shape index (κ3) is 3.92. The van der Waals surface area contributed by atoms with Crippen LogP contribution in [0.1, 0.15) is 22.3 Å². The van der Waals surface area contributed by atoms with Crippen LogP contribution in [0.3, 0.4) is 0 Å². The topological polar surface area (TPSA) is 38.8 Å². The Labute approximate surface area is 124 Å². The molecular weight excluding hydrogens is 264 g/mol. The third-order valence-electron chi connectivity index (χ3n) is 3.50. The number of Topliss-reactive ketones (excluding diaryl/α,β-unsaturated/α-hetero) is 1. The predicted octanol–water partition coefficient (Wildman–Crippen LogP) is 3.28. The van der Waals surface area contributed by atoms with E-state index >= 15 is 0 Å². The van der Waals surface area contributed by atoms with Crippen LogP contribution in [0.25, 0.3) is 0 Å². The van der Waals surface area contributed by atoms with Crippen molar-refractivity contribution in [2.75, 3.05) is 13.2 Å². The van der Waals surface area contributed by atoms with Crippen LogP contribution in [0, 0.1) is 0 Å². The minimum atomic E-state index is 0.117. The van der Waals surface area contributed by atoms with Crippen LogP contribution in [0.4, 0.5) is 0 Å². The van der Waals surface area contributed by atoms with E-state index in [2.05, 4.69) is 0 Å². The Kier molecular flexibility index (Phi) is 4.31. The number of para-hydroxylation sites is 1. The fourth-order valence-corrected chi connectivity index (χ4v) is 2.21. The van der Waals surface area contributed by atoms with Crippen molar-refractivity contribution in [1.29, 1.82) is 0 Å². The monoisotopic (exact) mass is 282 g/mol. The van der Waals surface area contributed by atoms with Crippen molar-refractivity contribution in [3.8, 4) is 5.75 Å². The summed E-state index contributed by atoms with van der Waals surface area (Å²) in [5, 5.41) is 0. The Hall–Kier alpha value is -2.13. The number of carbonyl (C=O) groups excluding carboxylic acids is 1. The second-order valence-electron chi connectivity index (χ2n) is 5.17. The van der Waals surface area contributed by atoms with Gasteiger partial charge in [0.1, 0.15) is 18.5 Å². The number of epoxide rings is 1. The first-order chi connectivity index (χ1) is 10.3. The summed E-state index contributed by atoms with van der Waals surface area (Å²) in [5.41, 5.74) is 1.84. The molecule has 2 aromatic rings. The Bertz CT molecular complexity index is 603. The highest BCUT2D eigenvalue weighted by molar-refractivity contribution is 5.98. The summed E-state index contributed by atoms with van der Waals surface area (Å²) >= 11 is 0. The smallest absolute Gasteiger partial charge is 0.166 e. The zero-order valence-electron chi connectivity index (χ0n) is 11.8. The predicted molar refractivity (Wildman–Crippen MR) is 80.8 cm³/mol. The fourth-order valence-electron chi connectivity index (χ4n) is 2.21. The lowest BCUT2D eigenvalue weighted by Crippen LogP contribution is -2.09. The number of hydrogen-bond donors (Lipinski definition) is 0. The van der Waals surface area contributed by atoms with Crippen LogP contribution in [0.2, 0.25) is 0 Å². The molecule has 1 atom stereocenters. The van der Waals surface area contributed by atoms with Gasteiger partial charge in [-0.2, -0.15) is 0 Å². The number of carbonyl (C=O) groups is 1. The van der Waals surface area contributed by atoms with Crippen molar-refractivity contribution in [3.63, 3.8) is 0 Å². The van der Waals surface area contributed by atoms with Crippen LogP contribution in [-0.4, -0.2) is 25.1 Å². The highest BCUT2D eigenvalue weighted by Gasteiger charge is 2.24. The standard InChI is InChI=1S/C18H18O3/c19-17(11-10-14-6-2-1-3-7-14)16-8-4-5-9-18(16)21-13-15-12-20-15/h1-9,15H,10-13H2/t15-/m0/s1. The van der Waals surface area contributed by atoms with Gasteiger partial charge in [0.05, 0.1) is 12.2 Å². The molecular formula is C18H18O3. The molecule has 1 saturated heterocycles. The fraction of sp³-hybridized carbons (Fsp3) is 0.278. The number of hydrogen-bond acceptors (Lipinski definition) is 3. The molecule has 1 aliphatic rings. The molecule has 3 heteroatoms. The first kappa shape index (κ1) is 13.8. The Morgan fingerprint density at radius 3 is 2.57 bits per heavy atom. The lowest BCUT2D eigenvalue weighted by molar-refractivity contribution is 0.0978. The lowest BCUT2D eigenvalue weighted by atomic mass is 10.0. The molecule has 0 saturated carbocycles. The van der Waals surface area contributed by atoms with Gasteiger partial charge >= 0.3 is 0 Å². The molecule has 1 fully saturated rings. The second kappa shape index (κ2) is 6.55. The van der Waals surface area contributed by atoms with E-state index in [1.807, 2.05) is 54.6 Å². The normalized spacial score (nSPS) is 16.5. The summed E-state index contributed by atoms with van der Waals surface area (Å²) in [6, 6.07) is 17.5. The second-order valence-corrected chi connectivity index (χ2v) is 5.17. The van der Waals surface area contributed by atoms with Crippen LogP contribution < -0.4 is 4.74 Å². The number of ether oxygens (including phenoxy) is 2. The Morgan fingerprint density at radius 2 is 1.81 bits per heavy atom. The van der Waals surface area contributed by atoms with Crippen LogP contribution in [0.5, 0.6) is 5.75 Å². The van der Waals surface area contributed by atoms with Gasteiger partial charge in [-0.1, -0.05) is 42.5 Å². The molecule has 0 spiro atoms. The average molecular weight is 282 g/mol. The molecule has 2 aromatic carbocycles. The highest BCUT2D eigenvalue weighted by atomic mass is 16.6. The van der Waals surface area contributed by atoms with Gasteiger partial charge in [0.2, 0.25) is 0 Å². The summed E-state index contributed by atoms with van der Waals surface area (Å²) in [6.45, 7) is 1.27. The molecule has 21 heavy (non-hydrogen) atoms. The van der Waals surface area contributed by atoms with E-state index < -0.39 is 0 Å². The number of ketones is 1. The van der Waals surface area contributed by atoms with Crippen LogP contribution in [-0.2, 0) is 11.2 Å². The maximum Gasteiger partial charge on any atom is 0.166 e. The maximum atomic E-state index is 12.4. The van der Waals surface area contributed by atoms with Gasteiger partial charge in [0.25, 0.3) is 0 Å². The van der Waals surface area contributed by atoms with Crippen molar-refractivity contribution in [2.45, 2.75) is 18.9 Å². The molecule has 0 aromatic heterocycles. The lowest BCUT2D eigenvalue weighted by Gasteiger charge is -2.09. The van der Waals surface area contributed by atoms with Gasteiger partial charge in [-0.15, -0.1) is 0 Å². The number of aryl methyl sites for hydroxylation is 1. The van der Waals surface area contributed by atoms with Gasteiger partial charge in [0, 0.05) is 6.42 Å². The maximum absolute atomic E-state index is 12.4. The highest BCUT2D eigenvalue weighted by Crippen LogP contribution is 2.22. The minimum absolute atomic E-state index is 0.117. The molecule has 0 N–H and O–H groups in total. The summed E-state index contributed by atoms with van der Waals surface area (Å²) < 4.78 is 10.8. The van der Waals surface area contributed by atoms with E-state index in [0.717, 1.165) is 13.0 Å². The van der Waals surface area contributed by atoms with Gasteiger partial charge in [0.15, 0.2) is 5.78 Å². The molecule has 3 nitrogen and oxygen atoms in total. The quantitative estimate of drug-likeness (QED) is 0.578. The van der Waals surface area contributed by atoms with Crippen molar-refractivity contribution < 1.29 is 14.3 Å². The molecule has 0 amide bonds. The van der Waals surface area contributed by atoms with Gasteiger partial charge in [-0.25, -0.2) is 0 Å². The van der Waals surface area contributed by atoms with E-state index in [9.17, 15) is 4.79 Å². The zero-order valence-corrected chi connectivity index (χ0v) is 11.8. The third-order valence-corrected chi connectivity index (χ3v) is 3.50. The molecule has 108 valence electrons. The molecule has 1 aliphatic heterocycles. The van der Waals surface area contributed by atoms with E-state index in [1.54, 1.807) is 0 Å². The molecule has 0 unspecified atom stereocenters. The summed E-state index contributed by atoms with van der Waals surface area (Å²) in [5.74, 6) is 0.775. The number of rotatable bonds is 7. The summed E-state index contributed by atoms with van der Waals surface area (Å²) in [7, 11) is 0. The molecule has 0 aliphatic carbocycles. The van der Waals surface area contributed by atoms with Crippen LogP contribution in [0.15, 0.2) is 54.6 Å². The van der Waals surface area contributed by atoms with Crippen molar-refractivity contribution in [3.05, 3.63) is 65.7 Å². The Balaban J connectivity index is 1.63. The average Bonchev–Trinajstić information content (AvgIpc) is 3.36. The van der Waals surface area contributed by atoms with Gasteiger partial charge in [-0.05, 0) is 24.1 Å². The first-order valence-corrected chi connectivity index (χ1v) is 7.23. The van der Waals surface area contributed by atoms with Crippen LogP contribution >= 0.6 is 0 Å². The van der Waals surface area contributed by atoms with Gasteiger partial charge in [-0.3, -0.25) is 4.79 Å². The first-order valence-electron chi connectivity index (χ1n) is 7.23. The SMILES string of the molecule is O=C(CCc1ccccc1)c1ccccc1OC[C@@H]1CO1. The molecule has 0 radical (unpaired) electrons.